The molecule has 0 amide bonds. The van der Waals surface area contributed by atoms with Crippen LogP contribution in [0.5, 0.6) is 0 Å². The standard InChI is InChI=1S/C15H17NO/c16-15(11-13-7-3-1-4-8-13)17-12-14-9-5-2-6-10-14/h1-10,15H,11-12,16H2. The molecular weight excluding hydrogens is 210 g/mol. The first-order chi connectivity index (χ1) is 8.34. The van der Waals surface area contributed by atoms with Crippen molar-refractivity contribution in [3.63, 3.8) is 0 Å². The number of rotatable bonds is 5. The highest BCUT2D eigenvalue weighted by molar-refractivity contribution is 5.16. The van der Waals surface area contributed by atoms with E-state index >= 15 is 0 Å². The Labute approximate surface area is 102 Å². The molecule has 2 aromatic carbocycles. The van der Waals surface area contributed by atoms with E-state index in [-0.39, 0.29) is 6.23 Å². The molecule has 1 unspecified atom stereocenters. The van der Waals surface area contributed by atoms with Gasteiger partial charge in [-0.15, -0.1) is 0 Å². The maximum atomic E-state index is 5.93. The van der Waals surface area contributed by atoms with Gasteiger partial charge in [0, 0.05) is 6.42 Å². The molecule has 0 bridgehead atoms. The van der Waals surface area contributed by atoms with E-state index in [0.717, 1.165) is 12.0 Å². The van der Waals surface area contributed by atoms with Gasteiger partial charge in [0.2, 0.25) is 0 Å². The van der Waals surface area contributed by atoms with Gasteiger partial charge in [0.15, 0.2) is 0 Å². The smallest absolute Gasteiger partial charge is 0.110 e. The zero-order valence-corrected chi connectivity index (χ0v) is 9.75. The normalized spacial score (nSPS) is 12.3. The van der Waals surface area contributed by atoms with Crippen LogP contribution in [0.4, 0.5) is 0 Å². The molecule has 2 aromatic rings. The Balaban J connectivity index is 1.80. The highest BCUT2D eigenvalue weighted by atomic mass is 16.5. The summed E-state index contributed by atoms with van der Waals surface area (Å²) in [5.74, 6) is 0. The Kier molecular flexibility index (Phi) is 4.30. The van der Waals surface area contributed by atoms with Crippen molar-refractivity contribution in [3.8, 4) is 0 Å². The summed E-state index contributed by atoms with van der Waals surface area (Å²) in [6, 6.07) is 20.2. The van der Waals surface area contributed by atoms with Crippen LogP contribution >= 0.6 is 0 Å². The van der Waals surface area contributed by atoms with Gasteiger partial charge in [0.25, 0.3) is 0 Å². The molecule has 88 valence electrons. The van der Waals surface area contributed by atoms with Gasteiger partial charge in [0.05, 0.1) is 6.61 Å². The molecule has 0 saturated heterocycles. The Morgan fingerprint density at radius 1 is 0.824 bits per heavy atom. The van der Waals surface area contributed by atoms with Crippen LogP contribution < -0.4 is 5.73 Å². The first-order valence-electron chi connectivity index (χ1n) is 5.79. The highest BCUT2D eigenvalue weighted by Crippen LogP contribution is 2.06. The Bertz CT molecular complexity index is 427. The number of nitrogens with two attached hydrogens (primary N) is 1. The largest absolute Gasteiger partial charge is 0.359 e. The van der Waals surface area contributed by atoms with Gasteiger partial charge < -0.3 is 10.5 Å². The molecule has 1 atom stereocenters. The van der Waals surface area contributed by atoms with E-state index in [1.54, 1.807) is 0 Å². The van der Waals surface area contributed by atoms with E-state index in [9.17, 15) is 0 Å². The number of hydrogen-bond donors (Lipinski definition) is 1. The van der Waals surface area contributed by atoms with Gasteiger partial charge >= 0.3 is 0 Å². The maximum Gasteiger partial charge on any atom is 0.110 e. The fourth-order valence-corrected chi connectivity index (χ4v) is 1.68. The molecule has 0 aliphatic heterocycles. The maximum absolute atomic E-state index is 5.93. The quantitative estimate of drug-likeness (QED) is 0.797. The first kappa shape index (κ1) is 11.8. The minimum atomic E-state index is -0.252. The van der Waals surface area contributed by atoms with Gasteiger partial charge in [0.1, 0.15) is 6.23 Å². The summed E-state index contributed by atoms with van der Waals surface area (Å²) in [6.07, 6.45) is 0.492. The molecule has 2 nitrogen and oxygen atoms in total. The van der Waals surface area contributed by atoms with Crippen LogP contribution in [0.3, 0.4) is 0 Å². The third-order valence-electron chi connectivity index (χ3n) is 2.59. The molecule has 0 radical (unpaired) electrons. The average Bonchev–Trinajstić information content (AvgIpc) is 2.39. The Morgan fingerprint density at radius 3 is 1.94 bits per heavy atom. The summed E-state index contributed by atoms with van der Waals surface area (Å²) in [5.41, 5.74) is 8.28. The zero-order chi connectivity index (χ0) is 11.9. The molecule has 0 fully saturated rings. The number of benzene rings is 2. The predicted molar refractivity (Wildman–Crippen MR) is 69.4 cm³/mol. The molecular formula is C15H17NO. The lowest BCUT2D eigenvalue weighted by atomic mass is 10.1. The number of ether oxygens (including phenoxy) is 1. The predicted octanol–water partition coefficient (Wildman–Crippen LogP) is 2.73. The minimum Gasteiger partial charge on any atom is -0.359 e. The van der Waals surface area contributed by atoms with Crippen molar-refractivity contribution in [2.24, 2.45) is 5.73 Å². The summed E-state index contributed by atoms with van der Waals surface area (Å²) in [6.45, 7) is 0.564. The van der Waals surface area contributed by atoms with Gasteiger partial charge in [-0.3, -0.25) is 0 Å². The molecule has 0 aliphatic carbocycles. The van der Waals surface area contributed by atoms with Crippen molar-refractivity contribution >= 4 is 0 Å². The van der Waals surface area contributed by atoms with Crippen LogP contribution in [0.25, 0.3) is 0 Å². The summed E-state index contributed by atoms with van der Waals surface area (Å²) in [7, 11) is 0. The fraction of sp³-hybridized carbons (Fsp3) is 0.200. The van der Waals surface area contributed by atoms with Crippen molar-refractivity contribution in [1.82, 2.24) is 0 Å². The van der Waals surface area contributed by atoms with E-state index in [2.05, 4.69) is 12.1 Å². The lowest BCUT2D eigenvalue weighted by Gasteiger charge is -2.13. The first-order valence-corrected chi connectivity index (χ1v) is 5.79. The van der Waals surface area contributed by atoms with Crippen LogP contribution in [0.15, 0.2) is 60.7 Å². The second-order valence-corrected chi connectivity index (χ2v) is 4.02. The lowest BCUT2D eigenvalue weighted by Crippen LogP contribution is -2.26. The molecule has 17 heavy (non-hydrogen) atoms. The molecule has 2 heteroatoms. The Hall–Kier alpha value is -1.64. The van der Waals surface area contributed by atoms with Crippen molar-refractivity contribution in [2.75, 3.05) is 0 Å². The third-order valence-corrected chi connectivity index (χ3v) is 2.59. The van der Waals surface area contributed by atoms with Crippen LogP contribution in [0.2, 0.25) is 0 Å². The summed E-state index contributed by atoms with van der Waals surface area (Å²) in [5, 5.41) is 0. The molecule has 2 rings (SSSR count). The second-order valence-electron chi connectivity index (χ2n) is 4.02. The minimum absolute atomic E-state index is 0.252. The third kappa shape index (κ3) is 4.02. The molecule has 0 heterocycles. The van der Waals surface area contributed by atoms with Gasteiger partial charge in [-0.2, -0.15) is 0 Å². The van der Waals surface area contributed by atoms with Crippen LogP contribution in [-0.2, 0) is 17.8 Å². The van der Waals surface area contributed by atoms with E-state index in [1.807, 2.05) is 48.5 Å². The van der Waals surface area contributed by atoms with Gasteiger partial charge in [-0.05, 0) is 11.1 Å². The molecule has 2 N–H and O–H groups in total. The van der Waals surface area contributed by atoms with E-state index in [0.29, 0.717) is 6.61 Å². The van der Waals surface area contributed by atoms with E-state index < -0.39 is 0 Å². The summed E-state index contributed by atoms with van der Waals surface area (Å²) in [4.78, 5) is 0. The molecule has 0 saturated carbocycles. The molecule has 0 aliphatic rings. The van der Waals surface area contributed by atoms with Crippen molar-refractivity contribution in [3.05, 3.63) is 71.8 Å². The summed E-state index contributed by atoms with van der Waals surface area (Å²) < 4.78 is 5.61. The van der Waals surface area contributed by atoms with Crippen molar-refractivity contribution < 1.29 is 4.74 Å². The van der Waals surface area contributed by atoms with Crippen LogP contribution in [0.1, 0.15) is 11.1 Å². The van der Waals surface area contributed by atoms with Crippen LogP contribution in [0, 0.1) is 0 Å². The van der Waals surface area contributed by atoms with E-state index in [4.69, 9.17) is 10.5 Å². The molecule has 0 aromatic heterocycles. The SMILES string of the molecule is NC(Cc1ccccc1)OCc1ccccc1. The Morgan fingerprint density at radius 2 is 1.35 bits per heavy atom. The number of hydrogen-bond acceptors (Lipinski definition) is 2. The van der Waals surface area contributed by atoms with Crippen molar-refractivity contribution in [1.29, 1.82) is 0 Å². The lowest BCUT2D eigenvalue weighted by molar-refractivity contribution is 0.0453. The monoisotopic (exact) mass is 227 g/mol. The van der Waals surface area contributed by atoms with Gasteiger partial charge in [-0.25, -0.2) is 0 Å². The molecule has 0 spiro atoms. The van der Waals surface area contributed by atoms with E-state index in [1.165, 1.54) is 5.56 Å². The fourth-order valence-electron chi connectivity index (χ4n) is 1.68. The van der Waals surface area contributed by atoms with Crippen molar-refractivity contribution in [2.45, 2.75) is 19.3 Å². The average molecular weight is 227 g/mol. The summed E-state index contributed by atoms with van der Waals surface area (Å²) >= 11 is 0. The zero-order valence-electron chi connectivity index (χ0n) is 9.75. The topological polar surface area (TPSA) is 35.2 Å². The second kappa shape index (κ2) is 6.18. The van der Waals surface area contributed by atoms with Crippen LogP contribution in [-0.4, -0.2) is 6.23 Å². The highest BCUT2D eigenvalue weighted by Gasteiger charge is 2.03. The van der Waals surface area contributed by atoms with Gasteiger partial charge in [-0.1, -0.05) is 60.7 Å².